The molecule has 0 aliphatic rings. The number of hydrogen-bond donors (Lipinski definition) is 0. The van der Waals surface area contributed by atoms with Crippen molar-refractivity contribution in [2.75, 3.05) is 27.4 Å². The van der Waals surface area contributed by atoms with Crippen molar-refractivity contribution >= 4 is 21.9 Å². The van der Waals surface area contributed by atoms with Crippen LogP contribution in [-0.4, -0.2) is 41.5 Å². The van der Waals surface area contributed by atoms with Gasteiger partial charge in [0.15, 0.2) is 14.1 Å². The summed E-state index contributed by atoms with van der Waals surface area (Å²) in [6.45, 7) is 5.93. The maximum Gasteiger partial charge on any atom is 0.474 e. The molecular formula is C11H25O6PSi. The van der Waals surface area contributed by atoms with Crippen molar-refractivity contribution in [3.63, 3.8) is 0 Å². The lowest BCUT2D eigenvalue weighted by Crippen LogP contribution is -2.38. The Morgan fingerprint density at radius 2 is 1.47 bits per heavy atom. The molecule has 0 aromatic rings. The molecule has 0 atom stereocenters. The molecule has 0 aromatic carbocycles. The third-order valence-corrected chi connectivity index (χ3v) is 9.27. The Morgan fingerprint density at radius 1 is 1.00 bits per heavy atom. The number of phosphoric acid groups is 1. The zero-order valence-electron chi connectivity index (χ0n) is 12.4. The molecule has 0 unspecified atom stereocenters. The van der Waals surface area contributed by atoms with Crippen LogP contribution in [0, 0.1) is 0 Å². The van der Waals surface area contributed by atoms with E-state index in [2.05, 4.69) is 29.8 Å². The van der Waals surface area contributed by atoms with Crippen LogP contribution in [0.3, 0.4) is 0 Å². The average Bonchev–Trinajstić information content (AvgIpc) is 2.46. The van der Waals surface area contributed by atoms with E-state index in [1.54, 1.807) is 0 Å². The van der Waals surface area contributed by atoms with Crippen LogP contribution in [0.4, 0.5) is 0 Å². The summed E-state index contributed by atoms with van der Waals surface area (Å²) < 4.78 is 31.4. The van der Waals surface area contributed by atoms with Crippen molar-refractivity contribution in [1.82, 2.24) is 0 Å². The molecule has 0 aliphatic heterocycles. The average molecular weight is 312 g/mol. The Bertz CT molecular complexity index is 302. The van der Waals surface area contributed by atoms with Crippen LogP contribution in [0.5, 0.6) is 0 Å². The van der Waals surface area contributed by atoms with E-state index >= 15 is 0 Å². The Hall–Kier alpha value is -0.0431. The lowest BCUT2D eigenvalue weighted by Gasteiger charge is -2.27. The number of carbonyl (C=O) groups excluding carboxylic acids is 1. The van der Waals surface area contributed by atoms with Crippen molar-refractivity contribution in [2.24, 2.45) is 0 Å². The molecule has 0 N–H and O–H groups in total. The van der Waals surface area contributed by atoms with Gasteiger partial charge in [-0.1, -0.05) is 20.8 Å². The van der Waals surface area contributed by atoms with E-state index in [4.69, 9.17) is 8.95 Å². The fourth-order valence-electron chi connectivity index (χ4n) is 1.66. The molecule has 0 aliphatic carbocycles. The molecule has 0 heterocycles. The number of carbonyl (C=O) groups is 1. The van der Waals surface area contributed by atoms with Gasteiger partial charge in [0.2, 0.25) is 0 Å². The summed E-state index contributed by atoms with van der Waals surface area (Å²) >= 11 is 0. The van der Waals surface area contributed by atoms with Gasteiger partial charge in [-0.2, -0.15) is 0 Å². The highest BCUT2D eigenvalue weighted by Gasteiger charge is 2.30. The molecule has 6 nitrogen and oxygen atoms in total. The van der Waals surface area contributed by atoms with Crippen molar-refractivity contribution in [2.45, 2.75) is 38.9 Å². The Morgan fingerprint density at radius 3 is 1.84 bits per heavy atom. The highest BCUT2D eigenvalue weighted by atomic mass is 31.2. The zero-order valence-corrected chi connectivity index (χ0v) is 14.3. The summed E-state index contributed by atoms with van der Waals surface area (Å²) in [5.41, 5.74) is 0. The van der Waals surface area contributed by atoms with E-state index in [9.17, 15) is 9.36 Å². The molecule has 0 bridgehead atoms. The van der Waals surface area contributed by atoms with Crippen LogP contribution in [0.2, 0.25) is 18.1 Å². The second kappa shape index (κ2) is 9.00. The molecule has 0 spiro atoms. The van der Waals surface area contributed by atoms with Crippen LogP contribution in [-0.2, 0) is 27.4 Å². The van der Waals surface area contributed by atoms with Crippen molar-refractivity contribution < 1.29 is 27.4 Å². The number of Topliss-reactive ketones (excluding diaryl/α,β-unsaturated/α-hetero) is 1. The van der Waals surface area contributed by atoms with Gasteiger partial charge in [0.1, 0.15) is 6.61 Å². The Labute approximate surface area is 116 Å². The van der Waals surface area contributed by atoms with E-state index in [1.165, 1.54) is 14.2 Å². The van der Waals surface area contributed by atoms with E-state index < -0.39 is 16.1 Å². The quantitative estimate of drug-likeness (QED) is 0.431. The van der Waals surface area contributed by atoms with Crippen LogP contribution >= 0.6 is 7.82 Å². The zero-order chi connectivity index (χ0) is 14.9. The van der Waals surface area contributed by atoms with Crippen LogP contribution < -0.4 is 0 Å². The minimum absolute atomic E-state index is 0.00479. The second-order valence-electron chi connectivity index (χ2n) is 4.16. The molecule has 0 rings (SSSR count). The molecule has 0 saturated carbocycles. The van der Waals surface area contributed by atoms with E-state index in [0.717, 1.165) is 18.1 Å². The van der Waals surface area contributed by atoms with Gasteiger partial charge in [0, 0.05) is 14.2 Å². The minimum Gasteiger partial charge on any atom is -0.409 e. The van der Waals surface area contributed by atoms with E-state index in [-0.39, 0.29) is 19.0 Å². The standard InChI is InChI=1S/C11H25O6PSi/c1-6-19(7-2,8-3)17-10-11(12)9-16-18(13,14-4)15-5/h6-10H2,1-5H3. The maximum atomic E-state index is 11.7. The predicted octanol–water partition coefficient (Wildman–Crippen LogP) is 2.99. The Balaban J connectivity index is 4.23. The van der Waals surface area contributed by atoms with Crippen molar-refractivity contribution in [3.05, 3.63) is 0 Å². The number of hydrogen-bond acceptors (Lipinski definition) is 6. The summed E-state index contributed by atoms with van der Waals surface area (Å²) in [5.74, 6) is -0.262. The largest absolute Gasteiger partial charge is 0.474 e. The van der Waals surface area contributed by atoms with Gasteiger partial charge in [0.05, 0.1) is 6.61 Å². The third kappa shape index (κ3) is 6.29. The van der Waals surface area contributed by atoms with E-state index in [0.29, 0.717) is 0 Å². The monoisotopic (exact) mass is 312 g/mol. The summed E-state index contributed by atoms with van der Waals surface area (Å²) in [4.78, 5) is 11.7. The number of rotatable bonds is 11. The molecule has 19 heavy (non-hydrogen) atoms. The highest BCUT2D eigenvalue weighted by molar-refractivity contribution is 7.48. The fraction of sp³-hybridized carbons (Fsp3) is 0.909. The summed E-state index contributed by atoms with van der Waals surface area (Å²) in [6, 6.07) is 2.92. The first-order valence-electron chi connectivity index (χ1n) is 6.42. The van der Waals surface area contributed by atoms with E-state index in [1.807, 2.05) is 0 Å². The minimum atomic E-state index is -3.59. The first kappa shape index (κ1) is 19.0. The lowest BCUT2D eigenvalue weighted by molar-refractivity contribution is -0.123. The molecule has 0 saturated heterocycles. The predicted molar refractivity (Wildman–Crippen MR) is 75.7 cm³/mol. The first-order valence-corrected chi connectivity index (χ1v) is 10.4. The van der Waals surface area contributed by atoms with Gasteiger partial charge >= 0.3 is 7.82 Å². The van der Waals surface area contributed by atoms with Gasteiger partial charge in [-0.25, -0.2) is 4.57 Å². The fourth-order valence-corrected chi connectivity index (χ4v) is 4.90. The van der Waals surface area contributed by atoms with Crippen molar-refractivity contribution in [3.8, 4) is 0 Å². The first-order chi connectivity index (χ1) is 8.90. The molecule has 0 amide bonds. The summed E-state index contributed by atoms with van der Waals surface area (Å²) in [7, 11) is -2.96. The van der Waals surface area contributed by atoms with Gasteiger partial charge in [-0.3, -0.25) is 18.4 Å². The molecule has 0 fully saturated rings. The van der Waals surface area contributed by atoms with Crippen LogP contribution in [0.25, 0.3) is 0 Å². The molecule has 0 aromatic heterocycles. The normalized spacial score (nSPS) is 12.7. The van der Waals surface area contributed by atoms with Gasteiger partial charge in [0.25, 0.3) is 0 Å². The van der Waals surface area contributed by atoms with Gasteiger partial charge in [-0.15, -0.1) is 0 Å². The summed E-state index contributed by atoms with van der Waals surface area (Å²) in [5, 5.41) is 0. The smallest absolute Gasteiger partial charge is 0.409 e. The molecule has 114 valence electrons. The lowest BCUT2D eigenvalue weighted by atomic mass is 10.5. The van der Waals surface area contributed by atoms with Crippen molar-refractivity contribution in [1.29, 1.82) is 0 Å². The highest BCUT2D eigenvalue weighted by Crippen LogP contribution is 2.47. The molecule has 0 radical (unpaired) electrons. The van der Waals surface area contributed by atoms with Crippen LogP contribution in [0.15, 0.2) is 0 Å². The number of ketones is 1. The third-order valence-electron chi connectivity index (χ3n) is 3.30. The number of phosphoric ester groups is 1. The van der Waals surface area contributed by atoms with Gasteiger partial charge in [-0.05, 0) is 18.1 Å². The maximum absolute atomic E-state index is 11.7. The van der Waals surface area contributed by atoms with Gasteiger partial charge < -0.3 is 4.43 Å². The molecular weight excluding hydrogens is 287 g/mol. The summed E-state index contributed by atoms with van der Waals surface area (Å²) in [6.07, 6.45) is 0. The Kier molecular flexibility index (Phi) is 8.98. The SMILES string of the molecule is CC[Si](CC)(CC)OCC(=O)COP(=O)(OC)OC. The van der Waals surface area contributed by atoms with Crippen LogP contribution in [0.1, 0.15) is 20.8 Å². The molecule has 8 heteroatoms. The topological polar surface area (TPSA) is 71.1 Å². The second-order valence-corrected chi connectivity index (χ2v) is 10.8.